The predicted octanol–water partition coefficient (Wildman–Crippen LogP) is 2.89. The molecule has 3 fully saturated rings. The molecule has 4 nitrogen and oxygen atoms in total. The van der Waals surface area contributed by atoms with Gasteiger partial charge in [-0.05, 0) is 43.7 Å². The van der Waals surface area contributed by atoms with Crippen molar-refractivity contribution >= 4 is 5.91 Å². The number of fused-ring (bicyclic) bond motifs is 1. The molecule has 1 saturated carbocycles. The first-order valence-electron chi connectivity index (χ1n) is 9.89. The summed E-state index contributed by atoms with van der Waals surface area (Å²) in [6, 6.07) is 11.3. The number of likely N-dealkylation sites (N-methyl/N-ethyl adjacent to an activating group) is 1. The van der Waals surface area contributed by atoms with Crippen molar-refractivity contribution in [3.63, 3.8) is 0 Å². The Kier molecular flexibility index (Phi) is 5.09. The Balaban J connectivity index is 1.54. The van der Waals surface area contributed by atoms with E-state index in [1.807, 2.05) is 0 Å². The van der Waals surface area contributed by atoms with Crippen LogP contribution in [0.3, 0.4) is 0 Å². The number of nitrogens with zero attached hydrogens (tertiary/aromatic N) is 2. The molecule has 0 aromatic heterocycles. The minimum absolute atomic E-state index is 0.0930. The number of ether oxygens (including phenoxy) is 1. The van der Waals surface area contributed by atoms with Gasteiger partial charge in [0.15, 0.2) is 0 Å². The molecule has 2 heterocycles. The van der Waals surface area contributed by atoms with E-state index >= 15 is 0 Å². The Morgan fingerprint density at radius 2 is 1.88 bits per heavy atom. The fourth-order valence-electron chi connectivity index (χ4n) is 5.18. The third-order valence-electron chi connectivity index (χ3n) is 6.57. The number of morpholine rings is 1. The van der Waals surface area contributed by atoms with Crippen molar-refractivity contribution in [1.82, 2.24) is 9.80 Å². The first kappa shape index (κ1) is 17.0. The van der Waals surface area contributed by atoms with Crippen molar-refractivity contribution in [2.24, 2.45) is 5.92 Å². The van der Waals surface area contributed by atoms with Crippen molar-refractivity contribution in [2.45, 2.75) is 50.1 Å². The van der Waals surface area contributed by atoms with Gasteiger partial charge in [0.25, 0.3) is 0 Å². The van der Waals surface area contributed by atoms with E-state index in [0.29, 0.717) is 30.4 Å². The van der Waals surface area contributed by atoms with E-state index in [1.54, 1.807) is 0 Å². The molecule has 136 valence electrons. The molecular formula is C21H30N2O2. The van der Waals surface area contributed by atoms with Crippen molar-refractivity contribution in [3.8, 4) is 0 Å². The largest absolute Gasteiger partial charge is 0.378 e. The molecule has 4 unspecified atom stereocenters. The Labute approximate surface area is 151 Å². The van der Waals surface area contributed by atoms with E-state index in [-0.39, 0.29) is 6.04 Å². The topological polar surface area (TPSA) is 32.8 Å². The van der Waals surface area contributed by atoms with Crippen LogP contribution in [-0.4, -0.2) is 61.1 Å². The molecule has 0 N–H and O–H groups in total. The SMILES string of the molecule is CN1CCOCC1C(=O)N1CCC(c2ccccc2)C2CCCCC21. The maximum Gasteiger partial charge on any atom is 0.242 e. The third-order valence-corrected chi connectivity index (χ3v) is 6.57. The Bertz CT molecular complexity index is 591. The molecule has 1 aliphatic carbocycles. The number of likely N-dealkylation sites (tertiary alicyclic amines) is 1. The van der Waals surface area contributed by atoms with Crippen LogP contribution in [-0.2, 0) is 9.53 Å². The van der Waals surface area contributed by atoms with Gasteiger partial charge in [0, 0.05) is 19.1 Å². The third kappa shape index (κ3) is 3.34. The highest BCUT2D eigenvalue weighted by Gasteiger charge is 2.43. The summed E-state index contributed by atoms with van der Waals surface area (Å²) in [7, 11) is 2.06. The van der Waals surface area contributed by atoms with Gasteiger partial charge < -0.3 is 9.64 Å². The van der Waals surface area contributed by atoms with Gasteiger partial charge in [0.2, 0.25) is 5.91 Å². The fourth-order valence-corrected chi connectivity index (χ4v) is 5.18. The highest BCUT2D eigenvalue weighted by molar-refractivity contribution is 5.82. The van der Waals surface area contributed by atoms with E-state index in [0.717, 1.165) is 32.5 Å². The summed E-state index contributed by atoms with van der Waals surface area (Å²) in [4.78, 5) is 17.7. The van der Waals surface area contributed by atoms with E-state index in [9.17, 15) is 4.79 Å². The lowest BCUT2D eigenvalue weighted by molar-refractivity contribution is -0.149. The van der Waals surface area contributed by atoms with Crippen molar-refractivity contribution in [1.29, 1.82) is 0 Å². The van der Waals surface area contributed by atoms with Gasteiger partial charge in [-0.25, -0.2) is 0 Å². The fraction of sp³-hybridized carbons (Fsp3) is 0.667. The van der Waals surface area contributed by atoms with E-state index in [2.05, 4.69) is 47.2 Å². The minimum atomic E-state index is -0.0930. The predicted molar refractivity (Wildman–Crippen MR) is 98.5 cm³/mol. The summed E-state index contributed by atoms with van der Waals surface area (Å²) >= 11 is 0. The summed E-state index contributed by atoms with van der Waals surface area (Å²) < 4.78 is 5.60. The molecule has 0 radical (unpaired) electrons. The average Bonchev–Trinajstić information content (AvgIpc) is 2.68. The summed E-state index contributed by atoms with van der Waals surface area (Å²) in [6.07, 6.45) is 6.07. The van der Waals surface area contributed by atoms with Gasteiger partial charge in [0.05, 0.1) is 13.2 Å². The van der Waals surface area contributed by atoms with Crippen LogP contribution in [0.25, 0.3) is 0 Å². The number of rotatable bonds is 2. The molecule has 1 aromatic carbocycles. The molecule has 2 saturated heterocycles. The van der Waals surface area contributed by atoms with Gasteiger partial charge in [-0.15, -0.1) is 0 Å². The molecule has 3 aliphatic rings. The maximum atomic E-state index is 13.3. The second kappa shape index (κ2) is 7.46. The molecule has 4 atom stereocenters. The molecule has 1 amide bonds. The van der Waals surface area contributed by atoms with E-state index in [4.69, 9.17) is 4.74 Å². The Morgan fingerprint density at radius 1 is 1.08 bits per heavy atom. The number of hydrogen-bond acceptors (Lipinski definition) is 3. The van der Waals surface area contributed by atoms with E-state index in [1.165, 1.54) is 24.8 Å². The van der Waals surface area contributed by atoms with Crippen molar-refractivity contribution in [3.05, 3.63) is 35.9 Å². The first-order valence-corrected chi connectivity index (χ1v) is 9.89. The lowest BCUT2D eigenvalue weighted by Gasteiger charge is -2.50. The van der Waals surface area contributed by atoms with Crippen LogP contribution < -0.4 is 0 Å². The monoisotopic (exact) mass is 342 g/mol. The van der Waals surface area contributed by atoms with Crippen LogP contribution in [0.2, 0.25) is 0 Å². The molecule has 25 heavy (non-hydrogen) atoms. The first-order chi connectivity index (χ1) is 12.3. The maximum absolute atomic E-state index is 13.3. The normalized spacial score (nSPS) is 33.7. The number of hydrogen-bond donors (Lipinski definition) is 0. The van der Waals surface area contributed by atoms with Crippen LogP contribution in [0.15, 0.2) is 30.3 Å². The summed E-state index contributed by atoms with van der Waals surface area (Å²) in [5, 5.41) is 0. The molecule has 0 bridgehead atoms. The second-order valence-electron chi connectivity index (χ2n) is 7.92. The molecule has 4 rings (SSSR count). The van der Waals surface area contributed by atoms with Gasteiger partial charge >= 0.3 is 0 Å². The molecule has 0 spiro atoms. The van der Waals surface area contributed by atoms with Crippen molar-refractivity contribution in [2.75, 3.05) is 33.4 Å². The summed E-state index contributed by atoms with van der Waals surface area (Å²) in [6.45, 7) is 3.03. The molecule has 2 aliphatic heterocycles. The standard InChI is InChI=1S/C21H30N2O2/c1-22-13-14-25-15-20(22)21(24)23-12-11-17(16-7-3-2-4-8-16)18-9-5-6-10-19(18)23/h2-4,7-8,17-20H,5-6,9-15H2,1H3. The number of carbonyl (C=O) groups is 1. The zero-order chi connectivity index (χ0) is 17.2. The molecular weight excluding hydrogens is 312 g/mol. The van der Waals surface area contributed by atoms with Crippen LogP contribution in [0, 0.1) is 5.92 Å². The zero-order valence-corrected chi connectivity index (χ0v) is 15.3. The second-order valence-corrected chi connectivity index (χ2v) is 7.92. The lowest BCUT2D eigenvalue weighted by atomic mass is 9.69. The minimum Gasteiger partial charge on any atom is -0.378 e. The number of amides is 1. The van der Waals surface area contributed by atoms with Crippen LogP contribution in [0.5, 0.6) is 0 Å². The van der Waals surface area contributed by atoms with Crippen molar-refractivity contribution < 1.29 is 9.53 Å². The quantitative estimate of drug-likeness (QED) is 0.828. The van der Waals surface area contributed by atoms with Crippen LogP contribution >= 0.6 is 0 Å². The van der Waals surface area contributed by atoms with Crippen LogP contribution in [0.4, 0.5) is 0 Å². The van der Waals surface area contributed by atoms with Gasteiger partial charge in [0.1, 0.15) is 6.04 Å². The number of carbonyl (C=O) groups excluding carboxylic acids is 1. The highest BCUT2D eigenvalue weighted by atomic mass is 16.5. The smallest absolute Gasteiger partial charge is 0.242 e. The molecule has 1 aromatic rings. The lowest BCUT2D eigenvalue weighted by Crippen LogP contribution is -2.59. The summed E-state index contributed by atoms with van der Waals surface area (Å²) in [5.41, 5.74) is 1.46. The molecule has 4 heteroatoms. The summed E-state index contributed by atoms with van der Waals surface area (Å²) in [5.74, 6) is 1.52. The Hall–Kier alpha value is -1.39. The van der Waals surface area contributed by atoms with Gasteiger partial charge in [-0.2, -0.15) is 0 Å². The Morgan fingerprint density at radius 3 is 2.68 bits per heavy atom. The van der Waals surface area contributed by atoms with E-state index < -0.39 is 0 Å². The number of benzene rings is 1. The van der Waals surface area contributed by atoms with Gasteiger partial charge in [-0.3, -0.25) is 9.69 Å². The van der Waals surface area contributed by atoms with Gasteiger partial charge in [-0.1, -0.05) is 43.2 Å². The zero-order valence-electron chi connectivity index (χ0n) is 15.3. The average molecular weight is 342 g/mol. The highest BCUT2D eigenvalue weighted by Crippen LogP contribution is 2.44. The van der Waals surface area contributed by atoms with Crippen LogP contribution in [0.1, 0.15) is 43.6 Å². The number of piperidine rings is 1.